The number of carboxylic acid groups (broad SMARTS) is 1. The minimum Gasteiger partial charge on any atom is -0.477 e. The van der Waals surface area contributed by atoms with Crippen molar-refractivity contribution in [2.24, 2.45) is 5.16 Å². The second kappa shape index (κ2) is 9.31. The van der Waals surface area contributed by atoms with Crippen molar-refractivity contribution in [1.29, 1.82) is 0 Å². The summed E-state index contributed by atoms with van der Waals surface area (Å²) >= 11 is 6.69. The largest absolute Gasteiger partial charge is 0.477 e. The van der Waals surface area contributed by atoms with E-state index in [9.17, 15) is 24.3 Å². The number of amides is 3. The number of carbonyl (C=O) groups excluding carboxylic acids is 3. The van der Waals surface area contributed by atoms with Crippen molar-refractivity contribution in [3.63, 3.8) is 0 Å². The third kappa shape index (κ3) is 4.46. The molecule has 0 spiro atoms. The molecule has 2 aliphatic rings. The number of nitrogens with zero attached hydrogens (tertiary/aromatic N) is 3. The van der Waals surface area contributed by atoms with E-state index >= 15 is 0 Å². The fraction of sp³-hybridized carbons (Fsp3) is 0.353. The minimum atomic E-state index is -1.36. The zero-order valence-electron chi connectivity index (χ0n) is 16.2. The highest BCUT2D eigenvalue weighted by Gasteiger charge is 2.54. The zero-order valence-corrected chi connectivity index (χ0v) is 17.8. The third-order valence-corrected chi connectivity index (χ3v) is 5.79. The number of rotatable bonds is 7. The molecule has 0 radical (unpaired) electrons. The molecule has 0 unspecified atom stereocenters. The summed E-state index contributed by atoms with van der Waals surface area (Å²) < 4.78 is 10.8. The van der Waals surface area contributed by atoms with E-state index in [0.29, 0.717) is 4.42 Å². The molecule has 2 aliphatic heterocycles. The van der Waals surface area contributed by atoms with Gasteiger partial charge in [-0.2, -0.15) is 0 Å². The number of aliphatic carboxylic acids is 1. The first kappa shape index (κ1) is 22.5. The number of nitrogens with one attached hydrogen (secondary N) is 1. The van der Waals surface area contributed by atoms with Crippen LogP contribution in [0.3, 0.4) is 0 Å². The molecule has 166 valence electrons. The van der Waals surface area contributed by atoms with E-state index in [-0.39, 0.29) is 35.1 Å². The number of hydrogen-bond acceptors (Lipinski definition) is 9. The molecule has 12 nitrogen and oxygen atoms in total. The fourth-order valence-electron chi connectivity index (χ4n) is 2.94. The predicted octanol–water partition coefficient (Wildman–Crippen LogP) is 0.591. The van der Waals surface area contributed by atoms with Gasteiger partial charge >= 0.3 is 12.1 Å². The number of oxime groups is 1. The van der Waals surface area contributed by atoms with E-state index in [0.717, 1.165) is 4.90 Å². The molecule has 0 aromatic carbocycles. The summed E-state index contributed by atoms with van der Waals surface area (Å²) in [6, 6.07) is 2.07. The van der Waals surface area contributed by atoms with Gasteiger partial charge in [0.15, 0.2) is 5.76 Å². The molecular formula is C17H17ClN4O8S. The number of β-lactam (4-membered cyclic amide) rings is 1. The number of carbonyl (C=O) groups is 4. The third-order valence-electron chi connectivity index (χ3n) is 4.31. The summed E-state index contributed by atoms with van der Waals surface area (Å²) in [5, 5.41) is 15.1. The predicted molar refractivity (Wildman–Crippen MR) is 107 cm³/mol. The lowest BCUT2D eigenvalue weighted by Gasteiger charge is -2.49. The van der Waals surface area contributed by atoms with Crippen LogP contribution < -0.4 is 5.32 Å². The van der Waals surface area contributed by atoms with Gasteiger partial charge in [-0.05, 0) is 12.1 Å². The van der Waals surface area contributed by atoms with Crippen LogP contribution in [0.4, 0.5) is 4.79 Å². The van der Waals surface area contributed by atoms with E-state index in [1.165, 1.54) is 38.2 Å². The van der Waals surface area contributed by atoms with Crippen molar-refractivity contribution in [3.05, 3.63) is 35.4 Å². The van der Waals surface area contributed by atoms with Gasteiger partial charge in [-0.3, -0.25) is 14.5 Å². The van der Waals surface area contributed by atoms with Crippen molar-refractivity contribution >= 4 is 53.1 Å². The smallest absolute Gasteiger partial charge is 0.424 e. The monoisotopic (exact) mass is 472 g/mol. The molecule has 2 N–H and O–H groups in total. The van der Waals surface area contributed by atoms with E-state index in [2.05, 4.69) is 15.3 Å². The van der Waals surface area contributed by atoms with Crippen molar-refractivity contribution in [3.8, 4) is 0 Å². The molecule has 0 bridgehead atoms. The Bertz CT molecular complexity index is 961. The van der Waals surface area contributed by atoms with E-state index in [1.54, 1.807) is 6.07 Å². The van der Waals surface area contributed by atoms with Gasteiger partial charge in [0, 0.05) is 30.2 Å². The maximum Gasteiger partial charge on any atom is 0.424 e. The summed E-state index contributed by atoms with van der Waals surface area (Å²) in [7, 11) is 2.52. The molecule has 1 aromatic rings. The molecule has 3 amide bonds. The van der Waals surface area contributed by atoms with Crippen LogP contribution in [0, 0.1) is 0 Å². The second-order valence-electron chi connectivity index (χ2n) is 6.25. The van der Waals surface area contributed by atoms with Crippen molar-refractivity contribution in [2.45, 2.75) is 11.4 Å². The number of thioether (sulfide) groups is 1. The number of halogens is 1. The summed E-state index contributed by atoms with van der Waals surface area (Å²) in [6.07, 6.45) is 0.482. The Morgan fingerprint density at radius 2 is 2.23 bits per heavy atom. The van der Waals surface area contributed by atoms with Crippen LogP contribution in [0.25, 0.3) is 0 Å². The highest BCUT2D eigenvalue weighted by Crippen LogP contribution is 2.40. The van der Waals surface area contributed by atoms with E-state index < -0.39 is 35.3 Å². The van der Waals surface area contributed by atoms with Crippen LogP contribution in [0.1, 0.15) is 5.76 Å². The van der Waals surface area contributed by atoms with E-state index in [1.807, 2.05) is 0 Å². The highest BCUT2D eigenvalue weighted by atomic mass is 35.5. The lowest BCUT2D eigenvalue weighted by atomic mass is 10.0. The Kier molecular flexibility index (Phi) is 6.75. The molecule has 14 heteroatoms. The topological polar surface area (TPSA) is 151 Å². The van der Waals surface area contributed by atoms with Gasteiger partial charge in [-0.15, -0.1) is 11.8 Å². The molecule has 0 saturated carbocycles. The Labute approximate surface area is 184 Å². The van der Waals surface area contributed by atoms with E-state index in [4.69, 9.17) is 20.9 Å². The van der Waals surface area contributed by atoms with Gasteiger partial charge < -0.3 is 24.4 Å². The summed E-state index contributed by atoms with van der Waals surface area (Å²) in [5.74, 6) is -2.40. The molecule has 1 aromatic heterocycles. The first-order chi connectivity index (χ1) is 14.8. The standard InChI is InChI=1S/C17H17ClN4O8S/c1-21(18)17(27)30-6-8-7-31-15-11(14(24)22(15)12(8)16(25)26)19-13(23)10(20-28-2)9-4-3-5-29-9/h3-5,11,15H,6-7H2,1-2H3,(H,19,23)(H,25,26)/t11-,15-/m1/s1. The Morgan fingerprint density at radius 3 is 2.81 bits per heavy atom. The summed E-state index contributed by atoms with van der Waals surface area (Å²) in [6.45, 7) is -0.346. The molecule has 2 atom stereocenters. The summed E-state index contributed by atoms with van der Waals surface area (Å²) in [5.41, 5.74) is -0.233. The van der Waals surface area contributed by atoms with Crippen molar-refractivity contribution < 1.29 is 38.3 Å². The maximum absolute atomic E-state index is 12.7. The Morgan fingerprint density at radius 1 is 1.48 bits per heavy atom. The number of hydrogen-bond donors (Lipinski definition) is 2. The van der Waals surface area contributed by atoms with Crippen molar-refractivity contribution in [1.82, 2.24) is 14.6 Å². The van der Waals surface area contributed by atoms with Crippen molar-refractivity contribution in [2.75, 3.05) is 26.5 Å². The Balaban J connectivity index is 1.75. The molecular weight excluding hydrogens is 456 g/mol. The number of furan rings is 1. The van der Waals surface area contributed by atoms with Crippen LogP contribution in [0.15, 0.2) is 39.2 Å². The molecule has 3 heterocycles. The van der Waals surface area contributed by atoms with Gasteiger partial charge in [-0.1, -0.05) is 5.16 Å². The zero-order chi connectivity index (χ0) is 22.7. The lowest BCUT2D eigenvalue weighted by molar-refractivity contribution is -0.150. The lowest BCUT2D eigenvalue weighted by Crippen LogP contribution is -2.71. The molecule has 1 fully saturated rings. The normalized spacial score (nSPS) is 20.5. The van der Waals surface area contributed by atoms with Gasteiger partial charge in [-0.25, -0.2) is 14.0 Å². The molecule has 1 saturated heterocycles. The number of fused-ring (bicyclic) bond motifs is 1. The van der Waals surface area contributed by atoms with Gasteiger partial charge in [0.2, 0.25) is 5.71 Å². The van der Waals surface area contributed by atoms with Gasteiger partial charge in [0.05, 0.1) is 6.26 Å². The van der Waals surface area contributed by atoms with Gasteiger partial charge in [0.1, 0.15) is 30.8 Å². The van der Waals surface area contributed by atoms with Crippen LogP contribution in [0.2, 0.25) is 0 Å². The second-order valence-corrected chi connectivity index (χ2v) is 7.86. The number of carboxylic acids is 1. The summed E-state index contributed by atoms with van der Waals surface area (Å²) in [4.78, 5) is 54.3. The quantitative estimate of drug-likeness (QED) is 0.251. The maximum atomic E-state index is 12.7. The Hall–Kier alpha value is -3.19. The first-order valence-electron chi connectivity index (χ1n) is 8.68. The average Bonchev–Trinajstić information content (AvgIpc) is 3.27. The molecule has 31 heavy (non-hydrogen) atoms. The van der Waals surface area contributed by atoms with Crippen LogP contribution in [-0.2, 0) is 24.0 Å². The van der Waals surface area contributed by atoms with Crippen LogP contribution >= 0.6 is 23.5 Å². The minimum absolute atomic E-state index is 0.138. The number of ether oxygens (including phenoxy) is 1. The SMILES string of the molecule is CON=C(C(=O)N[C@@H]1C(=O)N2C(C(=O)O)=C(COC(=O)N(C)Cl)CS[C@H]12)c1ccco1. The average molecular weight is 473 g/mol. The molecule has 0 aliphatic carbocycles. The van der Waals surface area contributed by atoms with Crippen LogP contribution in [0.5, 0.6) is 0 Å². The highest BCUT2D eigenvalue weighted by molar-refractivity contribution is 8.00. The van der Waals surface area contributed by atoms with Gasteiger partial charge in [0.25, 0.3) is 11.8 Å². The first-order valence-corrected chi connectivity index (χ1v) is 10.1. The fourth-order valence-corrected chi connectivity index (χ4v) is 4.32. The van der Waals surface area contributed by atoms with Crippen LogP contribution in [-0.4, -0.2) is 81.9 Å². The molecule has 3 rings (SSSR count).